The molecule has 0 heterocycles. The van der Waals surface area contributed by atoms with Crippen LogP contribution in [0.25, 0.3) is 6.08 Å². The van der Waals surface area contributed by atoms with Gasteiger partial charge < -0.3 is 10.6 Å². The Kier molecular flexibility index (Phi) is 9.01. The molecule has 0 aliphatic carbocycles. The van der Waals surface area contributed by atoms with Crippen molar-refractivity contribution in [2.75, 3.05) is 13.1 Å². The molecule has 0 fully saturated rings. The maximum absolute atomic E-state index is 11.8. The van der Waals surface area contributed by atoms with Crippen molar-refractivity contribution in [3.8, 4) is 0 Å². The van der Waals surface area contributed by atoms with Gasteiger partial charge in [-0.2, -0.15) is 0 Å². The molecular weight excluding hydrogens is 354 g/mol. The number of nitrogens with one attached hydrogen (secondary N) is 3. The van der Waals surface area contributed by atoms with Gasteiger partial charge in [0.2, 0.25) is 21.8 Å². The molecule has 0 radical (unpaired) electrons. The van der Waals surface area contributed by atoms with Gasteiger partial charge in [0.1, 0.15) is 0 Å². The van der Waals surface area contributed by atoms with Crippen molar-refractivity contribution in [1.29, 1.82) is 0 Å². The Labute approximate surface area is 155 Å². The van der Waals surface area contributed by atoms with Gasteiger partial charge >= 0.3 is 0 Å². The Balaban J connectivity index is 2.47. The maximum atomic E-state index is 11.8. The molecule has 1 unspecified atom stereocenters. The Morgan fingerprint density at radius 1 is 1.15 bits per heavy atom. The number of benzene rings is 1. The summed E-state index contributed by atoms with van der Waals surface area (Å²) in [7, 11) is -3.48. The molecule has 7 nitrogen and oxygen atoms in total. The molecule has 0 saturated heterocycles. The number of sulfonamides is 1. The van der Waals surface area contributed by atoms with E-state index in [0.29, 0.717) is 12.1 Å². The summed E-state index contributed by atoms with van der Waals surface area (Å²) in [6.07, 6.45) is 4.01. The highest BCUT2D eigenvalue weighted by Gasteiger charge is 2.11. The third-order valence-electron chi connectivity index (χ3n) is 3.62. The minimum absolute atomic E-state index is 0.0962. The Bertz CT molecular complexity index is 727. The van der Waals surface area contributed by atoms with Crippen LogP contribution >= 0.6 is 0 Å². The largest absolute Gasteiger partial charge is 0.354 e. The van der Waals surface area contributed by atoms with E-state index >= 15 is 0 Å². The molecule has 0 aliphatic rings. The highest BCUT2D eigenvalue weighted by atomic mass is 32.2. The van der Waals surface area contributed by atoms with E-state index in [4.69, 9.17) is 0 Å². The highest BCUT2D eigenvalue weighted by Crippen LogP contribution is 2.11. The normalized spacial score (nSPS) is 12.7. The fraction of sp³-hybridized carbons (Fsp3) is 0.444. The maximum Gasteiger partial charge on any atom is 0.244 e. The topological polar surface area (TPSA) is 104 Å². The summed E-state index contributed by atoms with van der Waals surface area (Å²) in [5, 5.41) is 5.46. The lowest BCUT2D eigenvalue weighted by molar-refractivity contribution is -0.121. The molecule has 3 N–H and O–H groups in total. The molecular formula is C18H27N3O4S. The number of amides is 2. The lowest BCUT2D eigenvalue weighted by Gasteiger charge is -2.11. The van der Waals surface area contributed by atoms with Crippen molar-refractivity contribution in [2.24, 2.45) is 0 Å². The number of carbonyl (C=O) groups excluding carboxylic acids is 2. The second-order valence-corrected chi connectivity index (χ2v) is 7.59. The van der Waals surface area contributed by atoms with E-state index in [-0.39, 0.29) is 35.7 Å². The van der Waals surface area contributed by atoms with Gasteiger partial charge in [-0.1, -0.05) is 26.0 Å². The van der Waals surface area contributed by atoms with Crippen LogP contribution in [0.15, 0.2) is 35.2 Å². The molecule has 0 aliphatic heterocycles. The monoisotopic (exact) mass is 381 g/mol. The van der Waals surface area contributed by atoms with Gasteiger partial charge in [-0.15, -0.1) is 0 Å². The van der Waals surface area contributed by atoms with E-state index in [1.165, 1.54) is 18.2 Å². The van der Waals surface area contributed by atoms with E-state index in [2.05, 4.69) is 15.4 Å². The van der Waals surface area contributed by atoms with Crippen LogP contribution in [-0.4, -0.2) is 39.4 Å². The first-order valence-corrected chi connectivity index (χ1v) is 10.1. The quantitative estimate of drug-likeness (QED) is 0.533. The number of hydrogen-bond acceptors (Lipinski definition) is 4. The summed E-state index contributed by atoms with van der Waals surface area (Å²) in [6, 6.07) is 6.32. The second-order valence-electron chi connectivity index (χ2n) is 5.82. The number of hydrogen-bond donors (Lipinski definition) is 3. The van der Waals surface area contributed by atoms with Crippen LogP contribution in [-0.2, 0) is 19.6 Å². The molecule has 144 valence electrons. The van der Waals surface area contributed by atoms with Crippen LogP contribution in [0.3, 0.4) is 0 Å². The number of carbonyl (C=O) groups is 2. The molecule has 1 rings (SSSR count). The van der Waals surface area contributed by atoms with Crippen molar-refractivity contribution >= 4 is 27.9 Å². The third-order valence-corrected chi connectivity index (χ3v) is 5.18. The summed E-state index contributed by atoms with van der Waals surface area (Å²) in [5.41, 5.74) is 0.699. The summed E-state index contributed by atoms with van der Waals surface area (Å²) in [6.45, 7) is 6.19. The van der Waals surface area contributed by atoms with Gasteiger partial charge in [-0.05, 0) is 37.1 Å². The van der Waals surface area contributed by atoms with E-state index < -0.39 is 10.0 Å². The third kappa shape index (κ3) is 7.79. The summed E-state index contributed by atoms with van der Waals surface area (Å²) >= 11 is 0. The number of rotatable bonds is 10. The fourth-order valence-corrected chi connectivity index (χ4v) is 3.05. The first-order chi connectivity index (χ1) is 12.3. The van der Waals surface area contributed by atoms with Crippen LogP contribution in [0.1, 0.15) is 39.2 Å². The Morgan fingerprint density at radius 2 is 1.81 bits per heavy atom. The molecule has 0 bridgehead atoms. The zero-order valence-corrected chi connectivity index (χ0v) is 16.2. The second kappa shape index (κ2) is 10.7. The standard InChI is InChI=1S/C18H27N3O4S/c1-4-14(3)21-18(23)12-13-19-17(22)11-8-15-6-9-16(10-7-15)26(24,25)20-5-2/h6-11,14,20H,4-5,12-13H2,1-3H3,(H,19,22)(H,21,23)/b11-8+. The average molecular weight is 381 g/mol. The minimum atomic E-state index is -3.48. The van der Waals surface area contributed by atoms with Crippen molar-refractivity contribution in [2.45, 2.75) is 44.6 Å². The van der Waals surface area contributed by atoms with E-state index in [1.54, 1.807) is 25.1 Å². The van der Waals surface area contributed by atoms with Crippen molar-refractivity contribution in [3.05, 3.63) is 35.9 Å². The van der Waals surface area contributed by atoms with Gasteiger partial charge in [-0.25, -0.2) is 13.1 Å². The first-order valence-electron chi connectivity index (χ1n) is 8.63. The predicted molar refractivity (Wildman–Crippen MR) is 102 cm³/mol. The lowest BCUT2D eigenvalue weighted by Crippen LogP contribution is -2.34. The Morgan fingerprint density at radius 3 is 2.38 bits per heavy atom. The molecule has 1 aromatic rings. The summed E-state index contributed by atoms with van der Waals surface area (Å²) in [4.78, 5) is 23.5. The molecule has 2 amide bonds. The van der Waals surface area contributed by atoms with Crippen LogP contribution in [0.2, 0.25) is 0 Å². The minimum Gasteiger partial charge on any atom is -0.354 e. The lowest BCUT2D eigenvalue weighted by atomic mass is 10.2. The average Bonchev–Trinajstić information content (AvgIpc) is 2.60. The van der Waals surface area contributed by atoms with E-state index in [0.717, 1.165) is 6.42 Å². The van der Waals surface area contributed by atoms with Gasteiger partial charge in [0.05, 0.1) is 4.90 Å². The zero-order valence-electron chi connectivity index (χ0n) is 15.4. The SMILES string of the molecule is CCNS(=O)(=O)c1ccc(/C=C/C(=O)NCCC(=O)NC(C)CC)cc1. The van der Waals surface area contributed by atoms with Gasteiger partial charge in [0.25, 0.3) is 0 Å². The van der Waals surface area contributed by atoms with Crippen molar-refractivity contribution < 1.29 is 18.0 Å². The summed E-state index contributed by atoms with van der Waals surface area (Å²) < 4.78 is 26.1. The van der Waals surface area contributed by atoms with E-state index in [1.807, 2.05) is 13.8 Å². The molecule has 1 aromatic carbocycles. The van der Waals surface area contributed by atoms with Crippen LogP contribution < -0.4 is 15.4 Å². The van der Waals surface area contributed by atoms with Gasteiger partial charge in [-0.3, -0.25) is 9.59 Å². The first kappa shape index (κ1) is 21.9. The van der Waals surface area contributed by atoms with Gasteiger partial charge in [0, 0.05) is 31.6 Å². The van der Waals surface area contributed by atoms with Crippen LogP contribution in [0.5, 0.6) is 0 Å². The smallest absolute Gasteiger partial charge is 0.244 e. The molecule has 0 spiro atoms. The van der Waals surface area contributed by atoms with Gasteiger partial charge in [0.15, 0.2) is 0 Å². The molecule has 26 heavy (non-hydrogen) atoms. The predicted octanol–water partition coefficient (Wildman–Crippen LogP) is 1.42. The summed E-state index contributed by atoms with van der Waals surface area (Å²) in [5.74, 6) is -0.410. The fourth-order valence-electron chi connectivity index (χ4n) is 2.01. The van der Waals surface area contributed by atoms with Crippen molar-refractivity contribution in [3.63, 3.8) is 0 Å². The van der Waals surface area contributed by atoms with Crippen LogP contribution in [0.4, 0.5) is 0 Å². The molecule has 1 atom stereocenters. The molecule has 0 saturated carbocycles. The Hall–Kier alpha value is -2.19. The molecule has 8 heteroatoms. The zero-order chi connectivity index (χ0) is 19.6. The highest BCUT2D eigenvalue weighted by molar-refractivity contribution is 7.89. The van der Waals surface area contributed by atoms with Crippen LogP contribution in [0, 0.1) is 0 Å². The molecule has 0 aromatic heterocycles. The van der Waals surface area contributed by atoms with Crippen molar-refractivity contribution in [1.82, 2.24) is 15.4 Å². The van der Waals surface area contributed by atoms with E-state index in [9.17, 15) is 18.0 Å².